The fourth-order valence-electron chi connectivity index (χ4n) is 4.56. The first-order chi connectivity index (χ1) is 15.5. The van der Waals surface area contributed by atoms with Crippen LogP contribution in [0.15, 0.2) is 69.1 Å². The first kappa shape index (κ1) is 20.5. The summed E-state index contributed by atoms with van der Waals surface area (Å²) in [4.78, 5) is 28.4. The zero-order chi connectivity index (χ0) is 22.4. The molecule has 0 aromatic heterocycles. The van der Waals surface area contributed by atoms with Crippen LogP contribution in [0.2, 0.25) is 0 Å². The molecule has 8 heteroatoms. The average Bonchev–Trinajstić information content (AvgIpc) is 3.30. The van der Waals surface area contributed by atoms with Gasteiger partial charge in [0.05, 0.1) is 11.6 Å². The third-order valence-electron chi connectivity index (χ3n) is 6.07. The van der Waals surface area contributed by atoms with Crippen molar-refractivity contribution in [2.75, 3.05) is 26.2 Å². The summed E-state index contributed by atoms with van der Waals surface area (Å²) in [5.74, 6) is -0.216. The van der Waals surface area contributed by atoms with Crippen LogP contribution >= 0.6 is 11.8 Å². The van der Waals surface area contributed by atoms with Crippen LogP contribution in [0.25, 0.3) is 0 Å². The van der Waals surface area contributed by atoms with Crippen molar-refractivity contribution in [2.24, 2.45) is 5.92 Å². The van der Waals surface area contributed by atoms with E-state index < -0.39 is 11.8 Å². The number of amides is 2. The van der Waals surface area contributed by atoms with Crippen molar-refractivity contribution >= 4 is 29.3 Å². The molecule has 2 aromatic carbocycles. The molecule has 0 bridgehead atoms. The van der Waals surface area contributed by atoms with Crippen molar-refractivity contribution in [1.82, 2.24) is 10.6 Å². The minimum absolute atomic E-state index is 0.157. The second kappa shape index (κ2) is 7.94. The van der Waals surface area contributed by atoms with Gasteiger partial charge in [-0.05, 0) is 42.3 Å². The van der Waals surface area contributed by atoms with E-state index in [1.807, 2.05) is 49.4 Å². The lowest BCUT2D eigenvalue weighted by molar-refractivity contribution is -0.124. The Morgan fingerprint density at radius 3 is 2.62 bits per heavy atom. The lowest BCUT2D eigenvalue weighted by Crippen LogP contribution is -2.41. The van der Waals surface area contributed by atoms with Crippen LogP contribution < -0.4 is 25.4 Å². The second-order valence-corrected chi connectivity index (χ2v) is 8.82. The van der Waals surface area contributed by atoms with Crippen LogP contribution in [-0.4, -0.2) is 32.7 Å². The van der Waals surface area contributed by atoms with Gasteiger partial charge < -0.3 is 25.4 Å². The number of hydrogen-bond acceptors (Lipinski definition) is 6. The summed E-state index contributed by atoms with van der Waals surface area (Å²) in [5.41, 5.74) is 4.01. The highest BCUT2D eigenvalue weighted by Crippen LogP contribution is 2.53. The molecule has 0 radical (unpaired) electrons. The van der Waals surface area contributed by atoms with Gasteiger partial charge in [-0.2, -0.15) is 0 Å². The van der Waals surface area contributed by atoms with Crippen LogP contribution in [-0.2, 0) is 9.59 Å². The molecule has 2 amide bonds. The van der Waals surface area contributed by atoms with Crippen molar-refractivity contribution in [3.05, 3.63) is 69.8 Å². The molecule has 1 aliphatic carbocycles. The highest BCUT2D eigenvalue weighted by molar-refractivity contribution is 8.03. The fourth-order valence-corrected chi connectivity index (χ4v) is 5.71. The van der Waals surface area contributed by atoms with Gasteiger partial charge in [0.2, 0.25) is 18.6 Å². The molecule has 2 unspecified atom stereocenters. The van der Waals surface area contributed by atoms with Crippen molar-refractivity contribution in [3.8, 4) is 11.5 Å². The smallest absolute Gasteiger partial charge is 0.247 e. The molecule has 0 fully saturated rings. The third kappa shape index (κ3) is 3.14. The standard InChI is InChI=1S/C24H23N3O4S/c1-12-18(23(28)25-2)19(13-8-9-15-16(10-13)31-11-30-15)20(24(29)26-3)21-22(12)32-17-7-5-4-6-14(17)27-21/h4-10,19-20,27H,11H2,1-3H3,(H,25,28)(H,26,29). The molecule has 5 rings (SSSR count). The molecule has 2 aliphatic heterocycles. The summed E-state index contributed by atoms with van der Waals surface area (Å²) >= 11 is 1.58. The Morgan fingerprint density at radius 1 is 1.06 bits per heavy atom. The number of nitrogens with one attached hydrogen (secondary N) is 3. The van der Waals surface area contributed by atoms with E-state index in [4.69, 9.17) is 9.47 Å². The van der Waals surface area contributed by atoms with Crippen LogP contribution in [0.1, 0.15) is 18.4 Å². The monoisotopic (exact) mass is 449 g/mol. The zero-order valence-corrected chi connectivity index (χ0v) is 18.8. The van der Waals surface area contributed by atoms with Gasteiger partial charge in [-0.3, -0.25) is 9.59 Å². The molecule has 3 N–H and O–H groups in total. The highest BCUT2D eigenvalue weighted by Gasteiger charge is 2.45. The number of ether oxygens (including phenoxy) is 2. The van der Waals surface area contributed by atoms with Crippen molar-refractivity contribution in [1.29, 1.82) is 0 Å². The summed E-state index contributed by atoms with van der Waals surface area (Å²) in [6.07, 6.45) is 0. The van der Waals surface area contributed by atoms with E-state index in [-0.39, 0.29) is 18.6 Å². The van der Waals surface area contributed by atoms with Crippen LogP contribution in [0.5, 0.6) is 11.5 Å². The molecule has 2 aromatic rings. The van der Waals surface area contributed by atoms with E-state index in [2.05, 4.69) is 16.0 Å². The quantitative estimate of drug-likeness (QED) is 0.666. The number of likely N-dealkylation sites (N-methyl/N-ethyl adjacent to an activating group) is 1. The predicted octanol–water partition coefficient (Wildman–Crippen LogP) is 3.37. The SMILES string of the molecule is CNC(=O)C1=C(C)C2=C(Nc3ccccc3S2)C(C(=O)NC)C1c1ccc2c(c1)OCO2. The fraction of sp³-hybridized carbons (Fsp3) is 0.250. The number of benzene rings is 2. The Bertz CT molecular complexity index is 1200. The van der Waals surface area contributed by atoms with E-state index in [1.165, 1.54) is 0 Å². The molecule has 164 valence electrons. The van der Waals surface area contributed by atoms with Gasteiger partial charge in [0.25, 0.3) is 0 Å². The maximum atomic E-state index is 13.3. The molecule has 0 spiro atoms. The Balaban J connectivity index is 1.72. The normalized spacial score (nSPS) is 20.8. The topological polar surface area (TPSA) is 88.7 Å². The summed E-state index contributed by atoms with van der Waals surface area (Å²) in [6, 6.07) is 13.6. The van der Waals surface area contributed by atoms with Crippen LogP contribution in [0, 0.1) is 5.92 Å². The molecule has 3 aliphatic rings. The molecular weight excluding hydrogens is 426 g/mol. The third-order valence-corrected chi connectivity index (χ3v) is 7.38. The summed E-state index contributed by atoms with van der Waals surface area (Å²) < 4.78 is 11.0. The van der Waals surface area contributed by atoms with Gasteiger partial charge in [0.15, 0.2) is 11.5 Å². The van der Waals surface area contributed by atoms with Gasteiger partial charge in [0.1, 0.15) is 0 Å². The molecular formula is C24H23N3O4S. The van der Waals surface area contributed by atoms with Gasteiger partial charge >= 0.3 is 0 Å². The number of rotatable bonds is 3. The minimum Gasteiger partial charge on any atom is -0.454 e. The number of hydrogen-bond donors (Lipinski definition) is 3. The van der Waals surface area contributed by atoms with Gasteiger partial charge in [-0.1, -0.05) is 30.0 Å². The predicted molar refractivity (Wildman–Crippen MR) is 123 cm³/mol. The summed E-state index contributed by atoms with van der Waals surface area (Å²) in [5, 5.41) is 9.08. The molecule has 7 nitrogen and oxygen atoms in total. The number of carbonyl (C=O) groups excluding carboxylic acids is 2. The second-order valence-electron chi connectivity index (χ2n) is 7.77. The Hall–Kier alpha value is -3.39. The van der Waals surface area contributed by atoms with Gasteiger partial charge in [0, 0.05) is 41.1 Å². The van der Waals surface area contributed by atoms with Gasteiger partial charge in [-0.15, -0.1) is 0 Å². The lowest BCUT2D eigenvalue weighted by atomic mass is 9.72. The highest BCUT2D eigenvalue weighted by atomic mass is 32.2. The number of anilines is 1. The van der Waals surface area contributed by atoms with E-state index in [1.54, 1.807) is 25.9 Å². The maximum absolute atomic E-state index is 13.3. The lowest BCUT2D eigenvalue weighted by Gasteiger charge is -2.39. The van der Waals surface area contributed by atoms with E-state index in [0.29, 0.717) is 17.1 Å². The first-order valence-electron chi connectivity index (χ1n) is 10.4. The van der Waals surface area contributed by atoms with Crippen LogP contribution in [0.4, 0.5) is 5.69 Å². The first-order valence-corrected chi connectivity index (χ1v) is 11.2. The zero-order valence-electron chi connectivity index (χ0n) is 17.9. The Morgan fingerprint density at radius 2 is 1.84 bits per heavy atom. The average molecular weight is 450 g/mol. The number of fused-ring (bicyclic) bond motifs is 2. The summed E-state index contributed by atoms with van der Waals surface area (Å²) in [7, 11) is 3.23. The van der Waals surface area contributed by atoms with Crippen molar-refractivity contribution in [3.63, 3.8) is 0 Å². The van der Waals surface area contributed by atoms with Crippen molar-refractivity contribution in [2.45, 2.75) is 17.7 Å². The van der Waals surface area contributed by atoms with E-state index in [9.17, 15) is 9.59 Å². The summed E-state index contributed by atoms with van der Waals surface area (Å²) in [6.45, 7) is 2.10. The molecule has 2 atom stereocenters. The molecule has 0 saturated carbocycles. The van der Waals surface area contributed by atoms with Crippen LogP contribution in [0.3, 0.4) is 0 Å². The molecule has 32 heavy (non-hydrogen) atoms. The Labute approximate surface area is 190 Å². The largest absolute Gasteiger partial charge is 0.454 e. The number of thioether (sulfide) groups is 1. The maximum Gasteiger partial charge on any atom is 0.247 e. The molecule has 2 heterocycles. The van der Waals surface area contributed by atoms with Gasteiger partial charge in [-0.25, -0.2) is 0 Å². The number of allylic oxidation sites excluding steroid dienone is 1. The Kier molecular flexibility index (Phi) is 5.09. The minimum atomic E-state index is -0.618. The number of carbonyl (C=O) groups is 2. The van der Waals surface area contributed by atoms with E-state index in [0.717, 1.165) is 32.3 Å². The van der Waals surface area contributed by atoms with E-state index >= 15 is 0 Å². The van der Waals surface area contributed by atoms with Crippen molar-refractivity contribution < 1.29 is 19.1 Å². The molecule has 0 saturated heterocycles. The number of para-hydroxylation sites is 1.